The van der Waals surface area contributed by atoms with Crippen LogP contribution >= 0.6 is 27.5 Å². The highest BCUT2D eigenvalue weighted by Gasteiger charge is 2.07. The molecular formula is C17H13BrClFN2. The Hall–Kier alpha value is -1.65. The number of aromatic nitrogens is 2. The predicted molar refractivity (Wildman–Crippen MR) is 89.7 cm³/mol. The van der Waals surface area contributed by atoms with E-state index < -0.39 is 0 Å². The standard InChI is InChI=1S/C17H13BrClFN2/c18-15-9-12(4-5-16(15)19)10-17-21-6-7-22(17)11-13-2-1-3-14(20)8-13/h1-9H,10-11H2. The van der Waals surface area contributed by atoms with Crippen LogP contribution in [0.1, 0.15) is 17.0 Å². The summed E-state index contributed by atoms with van der Waals surface area (Å²) in [6.07, 6.45) is 4.36. The third-order valence-electron chi connectivity index (χ3n) is 3.39. The SMILES string of the molecule is Fc1cccc(Cn2ccnc2Cc2ccc(Cl)c(Br)c2)c1. The van der Waals surface area contributed by atoms with Gasteiger partial charge in [0.25, 0.3) is 0 Å². The maximum Gasteiger partial charge on any atom is 0.123 e. The topological polar surface area (TPSA) is 17.8 Å². The van der Waals surface area contributed by atoms with Crippen LogP contribution in [0.15, 0.2) is 59.3 Å². The van der Waals surface area contributed by atoms with Crippen LogP contribution in [0.4, 0.5) is 4.39 Å². The van der Waals surface area contributed by atoms with Crippen molar-refractivity contribution in [1.82, 2.24) is 9.55 Å². The Balaban J connectivity index is 1.81. The van der Waals surface area contributed by atoms with Gasteiger partial charge in [0.15, 0.2) is 0 Å². The maximum absolute atomic E-state index is 13.3. The van der Waals surface area contributed by atoms with Crippen molar-refractivity contribution >= 4 is 27.5 Å². The molecular weight excluding hydrogens is 367 g/mol. The number of nitrogens with zero attached hydrogens (tertiary/aromatic N) is 2. The van der Waals surface area contributed by atoms with Crippen LogP contribution in [0.2, 0.25) is 5.02 Å². The van der Waals surface area contributed by atoms with Gasteiger partial charge in [-0.3, -0.25) is 0 Å². The minimum absolute atomic E-state index is 0.221. The van der Waals surface area contributed by atoms with Crippen LogP contribution in [-0.4, -0.2) is 9.55 Å². The first-order chi connectivity index (χ1) is 10.6. The van der Waals surface area contributed by atoms with E-state index in [2.05, 4.69) is 20.9 Å². The van der Waals surface area contributed by atoms with Crippen molar-refractivity contribution in [3.8, 4) is 0 Å². The first-order valence-corrected chi connectivity index (χ1v) is 7.97. The Labute approximate surface area is 141 Å². The molecule has 112 valence electrons. The van der Waals surface area contributed by atoms with Gasteiger partial charge in [-0.15, -0.1) is 0 Å². The fourth-order valence-corrected chi connectivity index (χ4v) is 2.86. The van der Waals surface area contributed by atoms with Crippen molar-refractivity contribution < 1.29 is 4.39 Å². The molecule has 0 amide bonds. The fraction of sp³-hybridized carbons (Fsp3) is 0.118. The molecule has 22 heavy (non-hydrogen) atoms. The molecule has 1 heterocycles. The highest BCUT2D eigenvalue weighted by molar-refractivity contribution is 9.10. The summed E-state index contributed by atoms with van der Waals surface area (Å²) in [5.41, 5.74) is 2.03. The van der Waals surface area contributed by atoms with Crippen LogP contribution in [0.3, 0.4) is 0 Å². The second kappa shape index (κ2) is 6.63. The van der Waals surface area contributed by atoms with Crippen molar-refractivity contribution in [1.29, 1.82) is 0 Å². The Morgan fingerprint density at radius 2 is 2.00 bits per heavy atom. The van der Waals surface area contributed by atoms with Gasteiger partial charge in [-0.2, -0.15) is 0 Å². The van der Waals surface area contributed by atoms with Crippen molar-refractivity contribution in [2.24, 2.45) is 0 Å². The number of rotatable bonds is 4. The molecule has 0 bridgehead atoms. The molecule has 2 aromatic carbocycles. The maximum atomic E-state index is 13.3. The number of halogens is 3. The summed E-state index contributed by atoms with van der Waals surface area (Å²) in [6, 6.07) is 12.5. The highest BCUT2D eigenvalue weighted by Crippen LogP contribution is 2.24. The average molecular weight is 380 g/mol. The highest BCUT2D eigenvalue weighted by atomic mass is 79.9. The van der Waals surface area contributed by atoms with Gasteiger partial charge in [0.05, 0.1) is 5.02 Å². The van der Waals surface area contributed by atoms with Crippen LogP contribution < -0.4 is 0 Å². The lowest BCUT2D eigenvalue weighted by molar-refractivity contribution is 0.622. The molecule has 1 aromatic heterocycles. The van der Waals surface area contributed by atoms with E-state index >= 15 is 0 Å². The van der Waals surface area contributed by atoms with Gasteiger partial charge < -0.3 is 4.57 Å². The van der Waals surface area contributed by atoms with Crippen molar-refractivity contribution in [2.45, 2.75) is 13.0 Å². The van der Waals surface area contributed by atoms with E-state index in [1.54, 1.807) is 18.3 Å². The summed E-state index contributed by atoms with van der Waals surface area (Å²) in [5.74, 6) is 0.708. The second-order valence-electron chi connectivity index (χ2n) is 5.03. The first-order valence-electron chi connectivity index (χ1n) is 6.80. The quantitative estimate of drug-likeness (QED) is 0.618. The smallest absolute Gasteiger partial charge is 0.123 e. The van der Waals surface area contributed by atoms with E-state index in [4.69, 9.17) is 11.6 Å². The Kier molecular flexibility index (Phi) is 4.60. The van der Waals surface area contributed by atoms with Crippen molar-refractivity contribution in [3.63, 3.8) is 0 Å². The third kappa shape index (κ3) is 3.57. The molecule has 5 heteroatoms. The molecule has 0 aliphatic rings. The first kappa shape index (κ1) is 15.3. The van der Waals surface area contributed by atoms with Gasteiger partial charge in [0.1, 0.15) is 11.6 Å². The molecule has 0 aliphatic heterocycles. The number of benzene rings is 2. The molecule has 0 radical (unpaired) electrons. The largest absolute Gasteiger partial charge is 0.330 e. The lowest BCUT2D eigenvalue weighted by atomic mass is 10.1. The molecule has 3 rings (SSSR count). The van der Waals surface area contributed by atoms with E-state index in [9.17, 15) is 4.39 Å². The van der Waals surface area contributed by atoms with E-state index in [1.165, 1.54) is 6.07 Å². The molecule has 0 aliphatic carbocycles. The Morgan fingerprint density at radius 3 is 2.77 bits per heavy atom. The monoisotopic (exact) mass is 378 g/mol. The van der Waals surface area contributed by atoms with Crippen LogP contribution in [0.5, 0.6) is 0 Å². The summed E-state index contributed by atoms with van der Waals surface area (Å²) in [6.45, 7) is 0.599. The molecule has 0 N–H and O–H groups in total. The van der Waals surface area contributed by atoms with Gasteiger partial charge in [-0.1, -0.05) is 29.8 Å². The van der Waals surface area contributed by atoms with E-state index in [0.717, 1.165) is 21.4 Å². The van der Waals surface area contributed by atoms with Crippen LogP contribution in [0, 0.1) is 5.82 Å². The Morgan fingerprint density at radius 1 is 1.14 bits per heavy atom. The zero-order valence-electron chi connectivity index (χ0n) is 11.6. The van der Waals surface area contributed by atoms with Gasteiger partial charge in [0, 0.05) is 29.8 Å². The van der Waals surface area contributed by atoms with Gasteiger partial charge in [-0.05, 0) is 51.3 Å². The number of hydrogen-bond donors (Lipinski definition) is 0. The van der Waals surface area contributed by atoms with Gasteiger partial charge in [0.2, 0.25) is 0 Å². The number of imidazole rings is 1. The molecule has 0 saturated carbocycles. The van der Waals surface area contributed by atoms with Gasteiger partial charge in [-0.25, -0.2) is 9.37 Å². The van der Waals surface area contributed by atoms with E-state index in [-0.39, 0.29) is 5.82 Å². The lowest BCUT2D eigenvalue weighted by Crippen LogP contribution is -2.05. The lowest BCUT2D eigenvalue weighted by Gasteiger charge is -2.09. The van der Waals surface area contributed by atoms with Crippen molar-refractivity contribution in [2.75, 3.05) is 0 Å². The second-order valence-corrected chi connectivity index (χ2v) is 6.29. The summed E-state index contributed by atoms with van der Waals surface area (Å²) >= 11 is 9.44. The number of hydrogen-bond acceptors (Lipinski definition) is 1. The summed E-state index contributed by atoms with van der Waals surface area (Å²) < 4.78 is 16.2. The zero-order valence-corrected chi connectivity index (χ0v) is 14.0. The van der Waals surface area contributed by atoms with E-state index in [0.29, 0.717) is 18.0 Å². The molecule has 0 saturated heterocycles. The summed E-state index contributed by atoms with van der Waals surface area (Å²) in [7, 11) is 0. The summed E-state index contributed by atoms with van der Waals surface area (Å²) in [5, 5.41) is 0.687. The molecule has 3 aromatic rings. The van der Waals surface area contributed by atoms with E-state index in [1.807, 2.05) is 35.0 Å². The fourth-order valence-electron chi connectivity index (χ4n) is 2.32. The Bertz CT molecular complexity index is 801. The van der Waals surface area contributed by atoms with Gasteiger partial charge >= 0.3 is 0 Å². The minimum Gasteiger partial charge on any atom is -0.330 e. The molecule has 0 atom stereocenters. The van der Waals surface area contributed by atoms with Crippen LogP contribution in [-0.2, 0) is 13.0 Å². The molecule has 0 spiro atoms. The predicted octanol–water partition coefficient (Wildman–Crippen LogP) is 5.08. The minimum atomic E-state index is -0.221. The summed E-state index contributed by atoms with van der Waals surface area (Å²) in [4.78, 5) is 4.40. The average Bonchev–Trinajstić information content (AvgIpc) is 2.90. The van der Waals surface area contributed by atoms with Crippen LogP contribution in [0.25, 0.3) is 0 Å². The molecule has 0 fully saturated rings. The molecule has 0 unspecified atom stereocenters. The third-order valence-corrected chi connectivity index (χ3v) is 4.60. The molecule has 2 nitrogen and oxygen atoms in total. The van der Waals surface area contributed by atoms with Crippen molar-refractivity contribution in [3.05, 3.63) is 87.1 Å². The zero-order chi connectivity index (χ0) is 15.5. The normalized spacial score (nSPS) is 10.9.